The van der Waals surface area contributed by atoms with Crippen LogP contribution in [0.15, 0.2) is 24.8 Å². The van der Waals surface area contributed by atoms with Gasteiger partial charge < -0.3 is 5.11 Å². The van der Waals surface area contributed by atoms with Crippen molar-refractivity contribution in [2.75, 3.05) is 5.75 Å². The third-order valence-electron chi connectivity index (χ3n) is 0.694. The number of aliphatic carboxylic acids is 1. The van der Waals surface area contributed by atoms with Gasteiger partial charge in [0.2, 0.25) is 0 Å². The van der Waals surface area contributed by atoms with Crippen LogP contribution in [0.5, 0.6) is 0 Å². The van der Waals surface area contributed by atoms with Gasteiger partial charge in [0, 0.05) is 5.57 Å². The molecular weight excluding hydrogens is 196 g/mol. The molecule has 0 bridgehead atoms. The van der Waals surface area contributed by atoms with Gasteiger partial charge in [-0.25, -0.2) is 4.79 Å². The van der Waals surface area contributed by atoms with E-state index in [0.29, 0.717) is 0 Å². The second kappa shape index (κ2) is 6.38. The Morgan fingerprint density at radius 2 is 1.85 bits per heavy atom. The van der Waals surface area contributed by atoms with E-state index in [9.17, 15) is 13.2 Å². The molecule has 0 radical (unpaired) electrons. The fourth-order valence-corrected chi connectivity index (χ4v) is 0.447. The van der Waals surface area contributed by atoms with Crippen LogP contribution in [0.3, 0.4) is 0 Å². The molecule has 0 unspecified atom stereocenters. The van der Waals surface area contributed by atoms with Crippen LogP contribution in [0.1, 0.15) is 6.92 Å². The maximum atomic E-state index is 9.72. The van der Waals surface area contributed by atoms with E-state index in [4.69, 9.17) is 9.66 Å². The Kier molecular flexibility index (Phi) is 7.07. The number of carboxylic acid groups (broad SMARTS) is 1. The third-order valence-corrected chi connectivity index (χ3v) is 1.35. The molecule has 2 N–H and O–H groups in total. The Labute approximate surface area is 77.1 Å². The van der Waals surface area contributed by atoms with E-state index in [1.54, 1.807) is 0 Å². The number of carbonyl (C=O) groups is 1. The van der Waals surface area contributed by atoms with Crippen molar-refractivity contribution in [1.82, 2.24) is 0 Å². The van der Waals surface area contributed by atoms with Gasteiger partial charge in [-0.15, -0.1) is 6.58 Å². The molecule has 0 fully saturated rings. The van der Waals surface area contributed by atoms with Gasteiger partial charge in [0.15, 0.2) is 0 Å². The minimum absolute atomic E-state index is 0.176. The normalized spacial score (nSPS) is 9.38. The van der Waals surface area contributed by atoms with Crippen molar-refractivity contribution in [3.8, 4) is 0 Å². The second-order valence-electron chi connectivity index (χ2n) is 2.12. The van der Waals surface area contributed by atoms with Crippen LogP contribution >= 0.6 is 0 Å². The maximum absolute atomic E-state index is 9.72. The molecule has 0 rings (SSSR count). The zero-order valence-electron chi connectivity index (χ0n) is 7.23. The second-order valence-corrected chi connectivity index (χ2v) is 3.62. The molecule has 0 aliphatic heterocycles. The van der Waals surface area contributed by atoms with Gasteiger partial charge >= 0.3 is 5.97 Å². The van der Waals surface area contributed by atoms with Crippen molar-refractivity contribution in [1.29, 1.82) is 0 Å². The van der Waals surface area contributed by atoms with E-state index in [2.05, 4.69) is 13.2 Å². The van der Waals surface area contributed by atoms with E-state index in [1.165, 1.54) is 6.92 Å². The molecule has 0 aliphatic carbocycles. The Morgan fingerprint density at radius 3 is 1.85 bits per heavy atom. The fraction of sp³-hybridized carbons (Fsp3) is 0.286. The van der Waals surface area contributed by atoms with E-state index in [0.717, 1.165) is 6.08 Å². The smallest absolute Gasteiger partial charge is 0.330 e. The molecule has 0 amide bonds. The summed E-state index contributed by atoms with van der Waals surface area (Å²) in [7, 11) is -3.79. The van der Waals surface area contributed by atoms with Gasteiger partial charge in [0.05, 0.1) is 5.75 Å². The fourth-order valence-electron chi connectivity index (χ4n) is 0.149. The number of carboxylic acids is 1. The van der Waals surface area contributed by atoms with Crippen molar-refractivity contribution >= 4 is 16.1 Å². The lowest BCUT2D eigenvalue weighted by Crippen LogP contribution is -1.99. The molecule has 0 spiro atoms. The molecule has 0 aromatic rings. The predicted molar refractivity (Wildman–Crippen MR) is 49.1 cm³/mol. The molecule has 0 atom stereocenters. The van der Waals surface area contributed by atoms with Crippen LogP contribution in [-0.4, -0.2) is 29.8 Å². The topological polar surface area (TPSA) is 91.7 Å². The zero-order chi connectivity index (χ0) is 11.1. The average Bonchev–Trinajstić information content (AvgIpc) is 1.85. The summed E-state index contributed by atoms with van der Waals surface area (Å²) < 4.78 is 27.3. The highest BCUT2D eigenvalue weighted by atomic mass is 32.2. The summed E-state index contributed by atoms with van der Waals surface area (Å²) in [5.41, 5.74) is 0.176. The summed E-state index contributed by atoms with van der Waals surface area (Å²) in [4.78, 5) is 9.60. The monoisotopic (exact) mass is 208 g/mol. The lowest BCUT2D eigenvalue weighted by atomic mass is 10.4. The van der Waals surface area contributed by atoms with Crippen molar-refractivity contribution in [2.45, 2.75) is 6.92 Å². The SMILES string of the molecule is C=C(C)C(=O)O.C=CCS(=O)(=O)O. The highest BCUT2D eigenvalue weighted by Crippen LogP contribution is 1.81. The van der Waals surface area contributed by atoms with E-state index in [1.807, 2.05) is 0 Å². The first-order valence-corrected chi connectivity index (χ1v) is 4.76. The highest BCUT2D eigenvalue weighted by molar-refractivity contribution is 7.85. The first kappa shape index (κ1) is 14.4. The third kappa shape index (κ3) is 18.1. The largest absolute Gasteiger partial charge is 0.478 e. The standard InChI is InChI=1S/C4H6O2.C3H6O3S/c1-3(2)4(5)6;1-2-3-7(4,5)6/h1H2,2H3,(H,5,6);2H,1,3H2,(H,4,5,6). The van der Waals surface area contributed by atoms with E-state index >= 15 is 0 Å². The number of hydrogen-bond donors (Lipinski definition) is 2. The summed E-state index contributed by atoms with van der Waals surface area (Å²) in [6.45, 7) is 7.71. The van der Waals surface area contributed by atoms with E-state index < -0.39 is 16.1 Å². The molecule has 0 heterocycles. The van der Waals surface area contributed by atoms with Gasteiger partial charge in [-0.05, 0) is 6.92 Å². The lowest BCUT2D eigenvalue weighted by molar-refractivity contribution is -0.132. The molecular formula is C7H12O5S. The zero-order valence-corrected chi connectivity index (χ0v) is 8.04. The number of rotatable bonds is 3. The van der Waals surface area contributed by atoms with Gasteiger partial charge in [-0.3, -0.25) is 4.55 Å². The molecule has 0 aromatic heterocycles. The minimum atomic E-state index is -3.79. The Hall–Kier alpha value is -1.14. The summed E-state index contributed by atoms with van der Waals surface area (Å²) in [5, 5.41) is 7.89. The van der Waals surface area contributed by atoms with Gasteiger partial charge in [-0.1, -0.05) is 12.7 Å². The molecule has 5 nitrogen and oxygen atoms in total. The molecule has 0 saturated heterocycles. The van der Waals surface area contributed by atoms with Crippen LogP contribution < -0.4 is 0 Å². The summed E-state index contributed by atoms with van der Waals surface area (Å²) in [5.74, 6) is -1.30. The summed E-state index contributed by atoms with van der Waals surface area (Å²) >= 11 is 0. The molecule has 6 heteroatoms. The first-order valence-electron chi connectivity index (χ1n) is 3.15. The van der Waals surface area contributed by atoms with Crippen molar-refractivity contribution in [3.63, 3.8) is 0 Å². The lowest BCUT2D eigenvalue weighted by Gasteiger charge is -1.82. The van der Waals surface area contributed by atoms with Crippen LogP contribution in [0.2, 0.25) is 0 Å². The highest BCUT2D eigenvalue weighted by Gasteiger charge is 1.95. The van der Waals surface area contributed by atoms with Crippen LogP contribution in [0.25, 0.3) is 0 Å². The van der Waals surface area contributed by atoms with Crippen molar-refractivity contribution < 1.29 is 22.9 Å². The maximum Gasteiger partial charge on any atom is 0.330 e. The quantitative estimate of drug-likeness (QED) is 0.405. The summed E-state index contributed by atoms with van der Waals surface area (Å²) in [6, 6.07) is 0. The van der Waals surface area contributed by atoms with Crippen LogP contribution in [0, 0.1) is 0 Å². The minimum Gasteiger partial charge on any atom is -0.478 e. The van der Waals surface area contributed by atoms with Crippen LogP contribution in [-0.2, 0) is 14.9 Å². The Balaban J connectivity index is 0. The van der Waals surface area contributed by atoms with Gasteiger partial charge in [-0.2, -0.15) is 8.42 Å². The Morgan fingerprint density at radius 1 is 1.54 bits per heavy atom. The molecule has 0 aliphatic rings. The van der Waals surface area contributed by atoms with Crippen LogP contribution in [0.4, 0.5) is 0 Å². The Bertz CT molecular complexity index is 276. The molecule has 13 heavy (non-hydrogen) atoms. The van der Waals surface area contributed by atoms with Crippen molar-refractivity contribution in [3.05, 3.63) is 24.8 Å². The van der Waals surface area contributed by atoms with Gasteiger partial charge in [0.1, 0.15) is 0 Å². The van der Waals surface area contributed by atoms with Crippen molar-refractivity contribution in [2.24, 2.45) is 0 Å². The average molecular weight is 208 g/mol. The van der Waals surface area contributed by atoms with Gasteiger partial charge in [0.25, 0.3) is 10.1 Å². The summed E-state index contributed by atoms with van der Waals surface area (Å²) in [6.07, 6.45) is 1.12. The molecule has 0 aromatic carbocycles. The van der Waals surface area contributed by atoms with E-state index in [-0.39, 0.29) is 11.3 Å². The predicted octanol–water partition coefficient (Wildman–Crippen LogP) is 0.707. The first-order chi connectivity index (χ1) is 5.70. The molecule has 0 saturated carbocycles. The molecule has 76 valence electrons. The number of hydrogen-bond acceptors (Lipinski definition) is 3.